The van der Waals surface area contributed by atoms with Crippen LogP contribution in [0.3, 0.4) is 0 Å². The predicted octanol–water partition coefficient (Wildman–Crippen LogP) is 2.21. The van der Waals surface area contributed by atoms with Gasteiger partial charge in [0.05, 0.1) is 5.92 Å². The molecule has 0 spiro atoms. The zero-order valence-corrected chi connectivity index (χ0v) is 13.4. The molecular formula is C15H15FN4O3S. The molecule has 1 aromatic carbocycles. The van der Waals surface area contributed by atoms with Crippen molar-refractivity contribution < 1.29 is 19.1 Å². The Kier molecular flexibility index (Phi) is 4.70. The molecular weight excluding hydrogens is 335 g/mol. The molecule has 1 fully saturated rings. The zero-order valence-electron chi connectivity index (χ0n) is 12.6. The van der Waals surface area contributed by atoms with Gasteiger partial charge in [-0.05, 0) is 18.1 Å². The molecule has 1 aromatic heterocycles. The molecule has 2 aromatic rings. The van der Waals surface area contributed by atoms with E-state index in [2.05, 4.69) is 15.5 Å². The predicted molar refractivity (Wildman–Crippen MR) is 85.4 cm³/mol. The Bertz CT molecular complexity index is 767. The Balaban J connectivity index is 1.59. The molecule has 24 heavy (non-hydrogen) atoms. The van der Waals surface area contributed by atoms with Crippen molar-refractivity contribution in [1.82, 2.24) is 15.1 Å². The molecule has 0 aliphatic carbocycles. The highest BCUT2D eigenvalue weighted by atomic mass is 32.1. The first-order valence-electron chi connectivity index (χ1n) is 7.37. The minimum Gasteiger partial charge on any atom is -0.481 e. The maximum atomic E-state index is 13.6. The van der Waals surface area contributed by atoms with Crippen molar-refractivity contribution in [1.29, 1.82) is 0 Å². The van der Waals surface area contributed by atoms with Crippen LogP contribution in [0.25, 0.3) is 0 Å². The number of nitrogens with zero attached hydrogens (tertiary/aromatic N) is 3. The van der Waals surface area contributed by atoms with E-state index in [4.69, 9.17) is 5.11 Å². The number of hydrogen-bond donors (Lipinski definition) is 2. The topological polar surface area (TPSA) is 95.4 Å². The Hall–Kier alpha value is -2.55. The molecule has 2 N–H and O–H groups in total. The van der Waals surface area contributed by atoms with Gasteiger partial charge in [-0.1, -0.05) is 29.5 Å². The van der Waals surface area contributed by atoms with Crippen LogP contribution >= 0.6 is 11.3 Å². The van der Waals surface area contributed by atoms with Crippen LogP contribution in [0, 0.1) is 11.7 Å². The van der Waals surface area contributed by atoms with Crippen LogP contribution in [0.2, 0.25) is 0 Å². The van der Waals surface area contributed by atoms with Crippen molar-refractivity contribution in [3.63, 3.8) is 0 Å². The summed E-state index contributed by atoms with van der Waals surface area (Å²) in [6.07, 6.45) is 0.739. The molecule has 1 unspecified atom stereocenters. The lowest BCUT2D eigenvalue weighted by Gasteiger charge is -2.14. The van der Waals surface area contributed by atoms with E-state index in [1.807, 2.05) is 0 Å². The average Bonchev–Trinajstić information content (AvgIpc) is 3.19. The first-order chi connectivity index (χ1) is 11.5. The fraction of sp³-hybridized carbons (Fsp3) is 0.333. The van der Waals surface area contributed by atoms with Gasteiger partial charge >= 0.3 is 12.0 Å². The number of carbonyl (C=O) groups excluding carboxylic acids is 1. The molecule has 2 amide bonds. The summed E-state index contributed by atoms with van der Waals surface area (Å²) in [5.74, 6) is -1.73. The fourth-order valence-electron chi connectivity index (χ4n) is 2.50. The number of nitrogens with one attached hydrogen (secondary N) is 1. The highest BCUT2D eigenvalue weighted by Gasteiger charge is 2.31. The number of carboxylic acids is 1. The van der Waals surface area contributed by atoms with E-state index < -0.39 is 17.9 Å². The standard InChI is InChI=1S/C15H15FN4O3S/c16-11-4-2-1-3-9(11)7-12-18-19-14(24-12)17-15(23)20-6-5-10(8-20)13(21)22/h1-4,10H,5-8H2,(H,21,22)(H,17,19,23). The van der Waals surface area contributed by atoms with E-state index in [-0.39, 0.29) is 12.4 Å². The maximum Gasteiger partial charge on any atom is 0.323 e. The molecule has 3 rings (SSSR count). The van der Waals surface area contributed by atoms with Crippen molar-refractivity contribution in [3.8, 4) is 0 Å². The number of aromatic nitrogens is 2. The van der Waals surface area contributed by atoms with Gasteiger partial charge in [0, 0.05) is 19.5 Å². The Labute approximate surface area is 141 Å². The number of halogens is 1. The molecule has 9 heteroatoms. The highest BCUT2D eigenvalue weighted by Crippen LogP contribution is 2.22. The summed E-state index contributed by atoms with van der Waals surface area (Å²) in [7, 11) is 0. The number of anilines is 1. The van der Waals surface area contributed by atoms with Crippen molar-refractivity contribution in [2.45, 2.75) is 12.8 Å². The van der Waals surface area contributed by atoms with Crippen LogP contribution < -0.4 is 5.32 Å². The summed E-state index contributed by atoms with van der Waals surface area (Å²) in [6, 6.07) is 6.02. The van der Waals surface area contributed by atoms with Gasteiger partial charge in [-0.25, -0.2) is 9.18 Å². The van der Waals surface area contributed by atoms with Gasteiger partial charge < -0.3 is 10.0 Å². The number of rotatable bonds is 4. The van der Waals surface area contributed by atoms with Crippen molar-refractivity contribution >= 4 is 28.5 Å². The Morgan fingerprint density at radius 1 is 1.38 bits per heavy atom. The number of likely N-dealkylation sites (tertiary alicyclic amines) is 1. The van der Waals surface area contributed by atoms with Gasteiger partial charge in [0.15, 0.2) is 0 Å². The minimum absolute atomic E-state index is 0.183. The second kappa shape index (κ2) is 6.91. The van der Waals surface area contributed by atoms with E-state index >= 15 is 0 Å². The first kappa shape index (κ1) is 16.3. The molecule has 0 saturated carbocycles. The van der Waals surface area contributed by atoms with Crippen molar-refractivity contribution in [2.24, 2.45) is 5.92 Å². The Morgan fingerprint density at radius 2 is 2.17 bits per heavy atom. The number of carboxylic acid groups (broad SMARTS) is 1. The third-order valence-electron chi connectivity index (χ3n) is 3.80. The quantitative estimate of drug-likeness (QED) is 0.881. The summed E-state index contributed by atoms with van der Waals surface area (Å²) >= 11 is 1.17. The molecule has 1 aliphatic rings. The van der Waals surface area contributed by atoms with Gasteiger partial charge in [0.25, 0.3) is 0 Å². The number of urea groups is 1. The van der Waals surface area contributed by atoms with Crippen molar-refractivity contribution in [3.05, 3.63) is 40.7 Å². The maximum absolute atomic E-state index is 13.6. The number of benzene rings is 1. The molecule has 1 atom stereocenters. The third-order valence-corrected chi connectivity index (χ3v) is 4.64. The SMILES string of the molecule is O=C(O)C1CCN(C(=O)Nc2nnc(Cc3ccccc3F)s2)C1. The molecule has 1 saturated heterocycles. The molecule has 126 valence electrons. The van der Waals surface area contributed by atoms with Crippen molar-refractivity contribution in [2.75, 3.05) is 18.4 Å². The van der Waals surface area contributed by atoms with Crippen LogP contribution in [-0.2, 0) is 11.2 Å². The largest absolute Gasteiger partial charge is 0.481 e. The van der Waals surface area contributed by atoms with Crippen LogP contribution in [0.15, 0.2) is 24.3 Å². The second-order valence-corrected chi connectivity index (χ2v) is 6.53. The molecule has 0 bridgehead atoms. The molecule has 0 radical (unpaired) electrons. The van der Waals surface area contributed by atoms with Gasteiger partial charge in [0.2, 0.25) is 5.13 Å². The lowest BCUT2D eigenvalue weighted by molar-refractivity contribution is -0.141. The van der Waals surface area contributed by atoms with Gasteiger partial charge in [-0.15, -0.1) is 10.2 Å². The summed E-state index contributed by atoms with van der Waals surface area (Å²) < 4.78 is 13.6. The average molecular weight is 350 g/mol. The number of carbonyl (C=O) groups is 2. The summed E-state index contributed by atoms with van der Waals surface area (Å²) in [5, 5.41) is 20.3. The highest BCUT2D eigenvalue weighted by molar-refractivity contribution is 7.15. The van der Waals surface area contributed by atoms with E-state index in [0.717, 1.165) is 0 Å². The number of hydrogen-bond acceptors (Lipinski definition) is 5. The van der Waals surface area contributed by atoms with Crippen LogP contribution in [0.1, 0.15) is 17.0 Å². The monoisotopic (exact) mass is 350 g/mol. The summed E-state index contributed by atoms with van der Waals surface area (Å²) in [4.78, 5) is 24.5. The first-order valence-corrected chi connectivity index (χ1v) is 8.19. The zero-order chi connectivity index (χ0) is 17.1. The van der Waals surface area contributed by atoms with E-state index in [1.165, 1.54) is 22.3 Å². The lowest BCUT2D eigenvalue weighted by Crippen LogP contribution is -2.33. The fourth-order valence-corrected chi connectivity index (χ4v) is 3.25. The van der Waals surface area contributed by atoms with E-state index in [9.17, 15) is 14.0 Å². The van der Waals surface area contributed by atoms with E-state index in [1.54, 1.807) is 18.2 Å². The lowest BCUT2D eigenvalue weighted by atomic mass is 10.1. The normalized spacial score (nSPS) is 17.0. The second-order valence-electron chi connectivity index (χ2n) is 5.47. The summed E-state index contributed by atoms with van der Waals surface area (Å²) in [5.41, 5.74) is 0.510. The van der Waals surface area contributed by atoms with Crippen LogP contribution in [0.4, 0.5) is 14.3 Å². The third kappa shape index (κ3) is 3.67. The Morgan fingerprint density at radius 3 is 2.88 bits per heavy atom. The smallest absolute Gasteiger partial charge is 0.323 e. The van der Waals surface area contributed by atoms with Gasteiger partial charge in [-0.2, -0.15) is 0 Å². The molecule has 7 nitrogen and oxygen atoms in total. The molecule has 1 aliphatic heterocycles. The molecule has 2 heterocycles. The van der Waals surface area contributed by atoms with Gasteiger partial charge in [-0.3, -0.25) is 10.1 Å². The van der Waals surface area contributed by atoms with Crippen LogP contribution in [0.5, 0.6) is 0 Å². The minimum atomic E-state index is -0.895. The number of aliphatic carboxylic acids is 1. The summed E-state index contributed by atoms with van der Waals surface area (Å²) in [6.45, 7) is 0.575. The van der Waals surface area contributed by atoms with Crippen LogP contribution in [-0.4, -0.2) is 45.3 Å². The van der Waals surface area contributed by atoms with Gasteiger partial charge in [0.1, 0.15) is 10.8 Å². The number of amides is 2. The van der Waals surface area contributed by atoms with E-state index in [0.29, 0.717) is 35.1 Å².